The maximum absolute atomic E-state index is 8.61. The molecule has 0 spiro atoms. The summed E-state index contributed by atoms with van der Waals surface area (Å²) in [7, 11) is 3.87. The predicted octanol–water partition coefficient (Wildman–Crippen LogP) is -0.129. The van der Waals surface area contributed by atoms with Crippen LogP contribution in [0.4, 0.5) is 5.82 Å². The van der Waals surface area contributed by atoms with E-state index < -0.39 is 0 Å². The average Bonchev–Trinajstić information content (AvgIpc) is 2.20. The molecule has 2 N–H and O–H groups in total. The molecule has 1 heterocycles. The van der Waals surface area contributed by atoms with Gasteiger partial charge in [0.2, 0.25) is 0 Å². The summed E-state index contributed by atoms with van der Waals surface area (Å²) < 4.78 is 5.30. The summed E-state index contributed by atoms with van der Waals surface area (Å²) in [4.78, 5) is 9.67. The molecule has 0 bridgehead atoms. The lowest BCUT2D eigenvalue weighted by molar-refractivity contribution is 0.254. The Kier molecular flexibility index (Phi) is 3.83. The first-order chi connectivity index (χ1) is 7.13. The van der Waals surface area contributed by atoms with E-state index in [0.717, 1.165) is 6.54 Å². The molecule has 1 rings (SSSR count). The van der Waals surface area contributed by atoms with Crippen LogP contribution >= 0.6 is 0 Å². The van der Waals surface area contributed by atoms with E-state index in [0.29, 0.717) is 6.61 Å². The Balaban J connectivity index is 2.64. The molecule has 0 aliphatic carbocycles. The molecular formula is C9H13N5O. The Morgan fingerprint density at radius 2 is 2.33 bits per heavy atom. The van der Waals surface area contributed by atoms with Gasteiger partial charge in [-0.05, 0) is 14.1 Å². The lowest BCUT2D eigenvalue weighted by Gasteiger charge is -2.10. The number of hydrogen-bond acceptors (Lipinski definition) is 6. The van der Waals surface area contributed by atoms with Crippen molar-refractivity contribution in [1.29, 1.82) is 5.26 Å². The monoisotopic (exact) mass is 207 g/mol. The van der Waals surface area contributed by atoms with Crippen LogP contribution in [0.25, 0.3) is 0 Å². The summed E-state index contributed by atoms with van der Waals surface area (Å²) in [5, 5.41) is 8.61. The molecule has 0 aliphatic rings. The number of likely N-dealkylation sites (N-methyl/N-ethyl adjacent to an activating group) is 1. The zero-order chi connectivity index (χ0) is 11.3. The fraction of sp³-hybridized carbons (Fsp3) is 0.444. The second-order valence-corrected chi connectivity index (χ2v) is 3.21. The first-order valence-electron chi connectivity index (χ1n) is 4.43. The maximum atomic E-state index is 8.61. The van der Waals surface area contributed by atoms with Crippen molar-refractivity contribution in [3.05, 3.63) is 11.9 Å². The van der Waals surface area contributed by atoms with Gasteiger partial charge in [-0.1, -0.05) is 0 Å². The van der Waals surface area contributed by atoms with E-state index in [-0.39, 0.29) is 17.4 Å². The molecule has 0 amide bonds. The van der Waals surface area contributed by atoms with E-state index >= 15 is 0 Å². The molecule has 0 atom stereocenters. The largest absolute Gasteiger partial charge is 0.474 e. The third-order valence-corrected chi connectivity index (χ3v) is 1.66. The van der Waals surface area contributed by atoms with E-state index in [9.17, 15) is 0 Å². The number of nitrogen functional groups attached to an aromatic ring is 1. The Morgan fingerprint density at radius 3 is 2.93 bits per heavy atom. The van der Waals surface area contributed by atoms with Crippen molar-refractivity contribution in [2.45, 2.75) is 0 Å². The third kappa shape index (κ3) is 3.40. The molecule has 1 aromatic rings. The zero-order valence-corrected chi connectivity index (χ0v) is 8.77. The van der Waals surface area contributed by atoms with Gasteiger partial charge in [-0.25, -0.2) is 4.98 Å². The highest BCUT2D eigenvalue weighted by Gasteiger charge is 2.05. The minimum atomic E-state index is 0.198. The van der Waals surface area contributed by atoms with Crippen LogP contribution in [0, 0.1) is 11.3 Å². The van der Waals surface area contributed by atoms with E-state index in [1.807, 2.05) is 25.1 Å². The van der Waals surface area contributed by atoms with Gasteiger partial charge >= 0.3 is 0 Å². The second-order valence-electron chi connectivity index (χ2n) is 3.21. The summed E-state index contributed by atoms with van der Waals surface area (Å²) in [6.07, 6.45) is 1.31. The van der Waals surface area contributed by atoms with E-state index in [2.05, 4.69) is 9.97 Å². The van der Waals surface area contributed by atoms with Crippen LogP contribution < -0.4 is 10.5 Å². The first kappa shape index (κ1) is 11.2. The maximum Gasteiger partial charge on any atom is 0.258 e. The van der Waals surface area contributed by atoms with Crippen LogP contribution in [-0.4, -0.2) is 42.1 Å². The van der Waals surface area contributed by atoms with Gasteiger partial charge in [-0.2, -0.15) is 10.2 Å². The molecule has 80 valence electrons. The van der Waals surface area contributed by atoms with E-state index in [1.54, 1.807) is 0 Å². The topological polar surface area (TPSA) is 88.1 Å². The number of ether oxygens (including phenoxy) is 1. The molecule has 1 aromatic heterocycles. The van der Waals surface area contributed by atoms with Crippen molar-refractivity contribution < 1.29 is 4.74 Å². The molecule has 0 saturated heterocycles. The molecule has 0 aromatic carbocycles. The molecule has 0 aliphatic heterocycles. The summed E-state index contributed by atoms with van der Waals surface area (Å²) in [5.41, 5.74) is 5.74. The Hall–Kier alpha value is -1.87. The highest BCUT2D eigenvalue weighted by atomic mass is 16.5. The van der Waals surface area contributed by atoms with Gasteiger partial charge in [0, 0.05) is 6.54 Å². The standard InChI is InChI=1S/C9H13N5O/c1-14(2)3-4-15-9-8(11)12-6-7(5-10)13-9/h6H,3-4H2,1-2H3,(H2,11,12). The zero-order valence-electron chi connectivity index (χ0n) is 8.77. The van der Waals surface area contributed by atoms with E-state index in [1.165, 1.54) is 6.20 Å². The first-order valence-corrected chi connectivity index (χ1v) is 4.43. The molecule has 6 heteroatoms. The van der Waals surface area contributed by atoms with Gasteiger partial charge in [-0.3, -0.25) is 0 Å². The number of nitrogens with zero attached hydrogens (tertiary/aromatic N) is 4. The Morgan fingerprint density at radius 1 is 1.60 bits per heavy atom. The molecule has 0 fully saturated rings. The smallest absolute Gasteiger partial charge is 0.258 e. The van der Waals surface area contributed by atoms with E-state index in [4.69, 9.17) is 15.7 Å². The fourth-order valence-electron chi connectivity index (χ4n) is 0.866. The highest BCUT2D eigenvalue weighted by Crippen LogP contribution is 2.14. The number of rotatable bonds is 4. The number of hydrogen-bond donors (Lipinski definition) is 1. The van der Waals surface area contributed by atoms with Crippen molar-refractivity contribution in [3.8, 4) is 11.9 Å². The van der Waals surface area contributed by atoms with Crippen LogP contribution in [0.3, 0.4) is 0 Å². The Bertz CT molecular complexity index is 371. The number of aromatic nitrogens is 2. The van der Waals surface area contributed by atoms with Crippen LogP contribution in [0.15, 0.2) is 6.20 Å². The predicted molar refractivity (Wildman–Crippen MR) is 55.2 cm³/mol. The van der Waals surface area contributed by atoms with Gasteiger partial charge in [0.15, 0.2) is 11.5 Å². The van der Waals surface area contributed by atoms with Crippen LogP contribution in [0.2, 0.25) is 0 Å². The van der Waals surface area contributed by atoms with Crippen LogP contribution in [0.5, 0.6) is 5.88 Å². The SMILES string of the molecule is CN(C)CCOc1nc(C#N)cnc1N. The third-order valence-electron chi connectivity index (χ3n) is 1.66. The Labute approximate surface area is 88.3 Å². The quantitative estimate of drug-likeness (QED) is 0.740. The van der Waals surface area contributed by atoms with Gasteiger partial charge in [0.25, 0.3) is 5.88 Å². The minimum Gasteiger partial charge on any atom is -0.474 e. The summed E-state index contributed by atoms with van der Waals surface area (Å²) >= 11 is 0. The molecule has 15 heavy (non-hydrogen) atoms. The summed E-state index contributed by atoms with van der Waals surface area (Å²) in [6, 6.07) is 1.87. The van der Waals surface area contributed by atoms with Gasteiger partial charge < -0.3 is 15.4 Å². The fourth-order valence-corrected chi connectivity index (χ4v) is 0.866. The highest BCUT2D eigenvalue weighted by molar-refractivity contribution is 5.41. The van der Waals surface area contributed by atoms with Gasteiger partial charge in [-0.15, -0.1) is 0 Å². The molecule has 0 saturated carbocycles. The van der Waals surface area contributed by atoms with Crippen LogP contribution in [0.1, 0.15) is 5.69 Å². The summed E-state index contributed by atoms with van der Waals surface area (Å²) in [6.45, 7) is 1.21. The second kappa shape index (κ2) is 5.12. The lowest BCUT2D eigenvalue weighted by atomic mass is 10.5. The number of nitrogens with two attached hydrogens (primary N) is 1. The average molecular weight is 207 g/mol. The van der Waals surface area contributed by atoms with Crippen molar-refractivity contribution >= 4 is 5.82 Å². The normalized spacial score (nSPS) is 10.0. The molecule has 0 unspecified atom stereocenters. The molecule has 0 radical (unpaired) electrons. The van der Waals surface area contributed by atoms with Gasteiger partial charge in [0.05, 0.1) is 6.20 Å². The molecular weight excluding hydrogens is 194 g/mol. The van der Waals surface area contributed by atoms with Crippen molar-refractivity contribution in [2.24, 2.45) is 0 Å². The number of anilines is 1. The van der Waals surface area contributed by atoms with Crippen molar-refractivity contribution in [1.82, 2.24) is 14.9 Å². The van der Waals surface area contributed by atoms with Gasteiger partial charge in [0.1, 0.15) is 12.7 Å². The van der Waals surface area contributed by atoms with Crippen LogP contribution in [-0.2, 0) is 0 Å². The molecule has 6 nitrogen and oxygen atoms in total. The lowest BCUT2D eigenvalue weighted by Crippen LogP contribution is -2.20. The van der Waals surface area contributed by atoms with Crippen molar-refractivity contribution in [3.63, 3.8) is 0 Å². The minimum absolute atomic E-state index is 0.198. The number of nitriles is 1. The van der Waals surface area contributed by atoms with Crippen molar-refractivity contribution in [2.75, 3.05) is 33.0 Å². The summed E-state index contributed by atoms with van der Waals surface area (Å²) in [5.74, 6) is 0.420.